The molecule has 0 spiro atoms. The Balaban J connectivity index is 1.51. The molecule has 0 bridgehead atoms. The van der Waals surface area contributed by atoms with E-state index in [1.807, 2.05) is 0 Å². The average Bonchev–Trinajstić information content (AvgIpc) is 3.24. The Bertz CT molecular complexity index is 570. The fourth-order valence-electron chi connectivity index (χ4n) is 4.48. The summed E-state index contributed by atoms with van der Waals surface area (Å²) in [4.78, 5) is 15.0. The molecule has 1 aromatic carbocycles. The number of amides is 1. The van der Waals surface area contributed by atoms with Gasteiger partial charge in [-0.1, -0.05) is 31.2 Å². The maximum absolute atomic E-state index is 12.9. The van der Waals surface area contributed by atoms with Gasteiger partial charge in [0.05, 0.1) is 0 Å². The standard InChI is InChI=1S/C18H24N2O/c1-11-10-20(9-8-15(11)19)18(21)17-14-7-6-12-4-2-3-5-13(12)16(14)17/h2-5,11,14-17H,6-10,19H2,1H3. The van der Waals surface area contributed by atoms with Crippen LogP contribution in [0.2, 0.25) is 0 Å². The number of nitrogens with zero attached hydrogens (tertiary/aromatic N) is 1. The van der Waals surface area contributed by atoms with Crippen LogP contribution >= 0.6 is 0 Å². The average molecular weight is 284 g/mol. The molecule has 5 unspecified atom stereocenters. The molecule has 1 saturated heterocycles. The molecule has 3 nitrogen and oxygen atoms in total. The van der Waals surface area contributed by atoms with E-state index in [-0.39, 0.29) is 12.0 Å². The van der Waals surface area contributed by atoms with E-state index in [1.165, 1.54) is 17.5 Å². The monoisotopic (exact) mass is 284 g/mol. The summed E-state index contributed by atoms with van der Waals surface area (Å²) in [5, 5.41) is 0. The number of piperidine rings is 1. The lowest BCUT2D eigenvalue weighted by molar-refractivity contribution is -0.134. The molecule has 5 atom stereocenters. The van der Waals surface area contributed by atoms with Crippen molar-refractivity contribution in [2.75, 3.05) is 13.1 Å². The van der Waals surface area contributed by atoms with Gasteiger partial charge in [0.15, 0.2) is 0 Å². The zero-order valence-electron chi connectivity index (χ0n) is 12.7. The summed E-state index contributed by atoms with van der Waals surface area (Å²) < 4.78 is 0. The van der Waals surface area contributed by atoms with Crippen LogP contribution in [0, 0.1) is 17.8 Å². The molecule has 1 heterocycles. The third kappa shape index (κ3) is 2.10. The Morgan fingerprint density at radius 2 is 2.10 bits per heavy atom. The molecule has 3 heteroatoms. The molecule has 1 amide bonds. The molecule has 3 aliphatic rings. The molecule has 2 aliphatic carbocycles. The Morgan fingerprint density at radius 1 is 1.29 bits per heavy atom. The summed E-state index contributed by atoms with van der Waals surface area (Å²) in [6.45, 7) is 3.86. The smallest absolute Gasteiger partial charge is 0.226 e. The molecule has 2 N–H and O–H groups in total. The highest BCUT2D eigenvalue weighted by Gasteiger charge is 2.58. The molecule has 21 heavy (non-hydrogen) atoms. The normalized spacial score (nSPS) is 37.6. The predicted octanol–water partition coefficient (Wildman–Crippen LogP) is 2.16. The fraction of sp³-hybridized carbons (Fsp3) is 0.611. The van der Waals surface area contributed by atoms with Crippen LogP contribution in [-0.4, -0.2) is 29.9 Å². The second kappa shape index (κ2) is 4.84. The topological polar surface area (TPSA) is 46.3 Å². The SMILES string of the molecule is CC1CN(C(=O)C2C3CCc4ccccc4C32)CCC1N. The number of carbonyl (C=O) groups excluding carboxylic acids is 1. The van der Waals surface area contributed by atoms with Gasteiger partial charge in [-0.3, -0.25) is 4.79 Å². The highest BCUT2D eigenvalue weighted by Crippen LogP contribution is 2.60. The van der Waals surface area contributed by atoms with Crippen molar-refractivity contribution in [1.82, 2.24) is 4.90 Å². The van der Waals surface area contributed by atoms with Crippen LogP contribution in [0.5, 0.6) is 0 Å². The van der Waals surface area contributed by atoms with E-state index < -0.39 is 0 Å². The third-order valence-corrected chi connectivity index (χ3v) is 5.90. The first-order valence-electron chi connectivity index (χ1n) is 8.29. The second-order valence-corrected chi connectivity index (χ2v) is 7.17. The van der Waals surface area contributed by atoms with Crippen molar-refractivity contribution in [1.29, 1.82) is 0 Å². The van der Waals surface area contributed by atoms with Crippen molar-refractivity contribution in [2.45, 2.75) is 38.1 Å². The number of aryl methyl sites for hydroxylation is 1. The molecule has 1 saturated carbocycles. The second-order valence-electron chi connectivity index (χ2n) is 7.17. The number of likely N-dealkylation sites (tertiary alicyclic amines) is 1. The van der Waals surface area contributed by atoms with Crippen LogP contribution in [0.1, 0.15) is 36.8 Å². The first-order chi connectivity index (χ1) is 10.2. The molecule has 0 aromatic heterocycles. The van der Waals surface area contributed by atoms with Crippen LogP contribution in [0.15, 0.2) is 24.3 Å². The number of hydrogen-bond donors (Lipinski definition) is 1. The molecular formula is C18H24N2O. The van der Waals surface area contributed by atoms with Crippen LogP contribution in [0.25, 0.3) is 0 Å². The predicted molar refractivity (Wildman–Crippen MR) is 82.8 cm³/mol. The zero-order chi connectivity index (χ0) is 14.6. The van der Waals surface area contributed by atoms with E-state index in [1.54, 1.807) is 0 Å². The molecule has 1 aromatic rings. The highest BCUT2D eigenvalue weighted by molar-refractivity contribution is 5.84. The number of benzene rings is 1. The lowest BCUT2D eigenvalue weighted by atomic mass is 9.92. The summed E-state index contributed by atoms with van der Waals surface area (Å²) in [5.74, 6) is 2.15. The van der Waals surface area contributed by atoms with E-state index >= 15 is 0 Å². The summed E-state index contributed by atoms with van der Waals surface area (Å²) >= 11 is 0. The molecule has 0 radical (unpaired) electrons. The van der Waals surface area contributed by atoms with E-state index in [2.05, 4.69) is 36.1 Å². The van der Waals surface area contributed by atoms with E-state index in [4.69, 9.17) is 5.73 Å². The Morgan fingerprint density at radius 3 is 2.90 bits per heavy atom. The lowest BCUT2D eigenvalue weighted by Gasteiger charge is -2.35. The van der Waals surface area contributed by atoms with E-state index in [0.29, 0.717) is 23.7 Å². The minimum atomic E-state index is 0.246. The van der Waals surface area contributed by atoms with Crippen molar-refractivity contribution in [2.24, 2.45) is 23.5 Å². The van der Waals surface area contributed by atoms with Gasteiger partial charge in [-0.15, -0.1) is 0 Å². The van der Waals surface area contributed by atoms with Gasteiger partial charge < -0.3 is 10.6 Å². The summed E-state index contributed by atoms with van der Waals surface area (Å²) in [5.41, 5.74) is 8.97. The Labute approximate surface area is 126 Å². The fourth-order valence-corrected chi connectivity index (χ4v) is 4.48. The van der Waals surface area contributed by atoms with Crippen LogP contribution in [0.4, 0.5) is 0 Å². The van der Waals surface area contributed by atoms with Crippen LogP contribution in [-0.2, 0) is 11.2 Å². The maximum atomic E-state index is 12.9. The van der Waals surface area contributed by atoms with Crippen molar-refractivity contribution in [3.8, 4) is 0 Å². The number of nitrogens with two attached hydrogens (primary N) is 1. The number of fused-ring (bicyclic) bond motifs is 3. The van der Waals surface area contributed by atoms with Gasteiger partial charge in [0, 0.05) is 25.0 Å². The maximum Gasteiger partial charge on any atom is 0.226 e. The minimum absolute atomic E-state index is 0.246. The van der Waals surface area contributed by atoms with Crippen molar-refractivity contribution in [3.05, 3.63) is 35.4 Å². The highest BCUT2D eigenvalue weighted by atomic mass is 16.2. The van der Waals surface area contributed by atoms with Gasteiger partial charge in [-0.25, -0.2) is 0 Å². The first kappa shape index (κ1) is 13.3. The summed E-state index contributed by atoms with van der Waals surface area (Å²) in [6, 6.07) is 8.95. The third-order valence-electron chi connectivity index (χ3n) is 5.90. The largest absolute Gasteiger partial charge is 0.342 e. The molecular weight excluding hydrogens is 260 g/mol. The molecule has 1 aliphatic heterocycles. The molecule has 4 rings (SSSR count). The van der Waals surface area contributed by atoms with E-state index in [0.717, 1.165) is 25.9 Å². The quantitative estimate of drug-likeness (QED) is 0.859. The van der Waals surface area contributed by atoms with Gasteiger partial charge in [-0.2, -0.15) is 0 Å². The number of hydrogen-bond acceptors (Lipinski definition) is 2. The van der Waals surface area contributed by atoms with Crippen LogP contribution in [0.3, 0.4) is 0 Å². The first-order valence-corrected chi connectivity index (χ1v) is 8.29. The van der Waals surface area contributed by atoms with Crippen molar-refractivity contribution in [3.63, 3.8) is 0 Å². The Hall–Kier alpha value is -1.35. The van der Waals surface area contributed by atoms with Gasteiger partial charge in [0.2, 0.25) is 5.91 Å². The van der Waals surface area contributed by atoms with Gasteiger partial charge in [-0.05, 0) is 48.1 Å². The van der Waals surface area contributed by atoms with Crippen molar-refractivity contribution < 1.29 is 4.79 Å². The van der Waals surface area contributed by atoms with Gasteiger partial charge in [0.25, 0.3) is 0 Å². The molecule has 112 valence electrons. The van der Waals surface area contributed by atoms with Gasteiger partial charge >= 0.3 is 0 Å². The minimum Gasteiger partial charge on any atom is -0.342 e. The molecule has 2 fully saturated rings. The lowest BCUT2D eigenvalue weighted by Crippen LogP contribution is -2.48. The van der Waals surface area contributed by atoms with Crippen molar-refractivity contribution >= 4 is 5.91 Å². The summed E-state index contributed by atoms with van der Waals surface area (Å²) in [7, 11) is 0. The Kier molecular flexibility index (Phi) is 3.07. The summed E-state index contributed by atoms with van der Waals surface area (Å²) in [6.07, 6.45) is 3.27. The number of rotatable bonds is 1. The number of carbonyl (C=O) groups is 1. The van der Waals surface area contributed by atoms with Gasteiger partial charge in [0.1, 0.15) is 0 Å². The zero-order valence-corrected chi connectivity index (χ0v) is 12.7. The van der Waals surface area contributed by atoms with Crippen LogP contribution < -0.4 is 5.73 Å². The van der Waals surface area contributed by atoms with E-state index in [9.17, 15) is 4.79 Å².